The zero-order valence-electron chi connectivity index (χ0n) is 26.9. The summed E-state index contributed by atoms with van der Waals surface area (Å²) < 4.78 is 59.2. The van der Waals surface area contributed by atoms with Crippen LogP contribution in [0.15, 0.2) is 88.8 Å². The molecule has 3 heterocycles. The SMILES string of the molecule is Cc1ccc2cccc(N(c3ccccc3N=C3N(C)CCN3C)c3ccccc3N=C3N(C)CCN3C)c2n1.F[P-](F)(F)(F)(F)F.[Cu+]. The first-order valence-corrected chi connectivity index (χ1v) is 16.8. The number of likely N-dealkylation sites (N-methyl/N-ethyl adjacent to an activating group) is 4. The van der Waals surface area contributed by atoms with Gasteiger partial charge in [0.25, 0.3) is 0 Å². The van der Waals surface area contributed by atoms with Crippen LogP contribution in [0.1, 0.15) is 5.69 Å². The number of anilines is 3. The van der Waals surface area contributed by atoms with Gasteiger partial charge in [-0.05, 0) is 43.3 Å². The van der Waals surface area contributed by atoms with Gasteiger partial charge in [0, 0.05) is 65.4 Å². The summed E-state index contributed by atoms with van der Waals surface area (Å²) in [6.45, 7) is 5.85. The van der Waals surface area contributed by atoms with Gasteiger partial charge in [0.15, 0.2) is 0 Å². The van der Waals surface area contributed by atoms with E-state index in [2.05, 4.69) is 132 Å². The Morgan fingerprint density at radius 1 is 0.583 bits per heavy atom. The fourth-order valence-electron chi connectivity index (χ4n) is 5.43. The normalized spacial score (nSPS) is 16.2. The zero-order chi connectivity index (χ0) is 34.2. The first-order chi connectivity index (χ1) is 21.9. The van der Waals surface area contributed by atoms with E-state index in [1.54, 1.807) is 0 Å². The number of fused-ring (bicyclic) bond motifs is 1. The zero-order valence-corrected chi connectivity index (χ0v) is 28.8. The van der Waals surface area contributed by atoms with Crippen molar-refractivity contribution in [3.63, 3.8) is 0 Å². The maximum absolute atomic E-state index is 10.7. The van der Waals surface area contributed by atoms with Gasteiger partial charge < -0.3 is 24.5 Å². The Balaban J connectivity index is 0.000000589. The summed E-state index contributed by atoms with van der Waals surface area (Å²) >= 11 is 0. The summed E-state index contributed by atoms with van der Waals surface area (Å²) in [5.74, 6) is 1.92. The van der Waals surface area contributed by atoms with E-state index in [1.165, 1.54) is 0 Å². The average Bonchev–Trinajstić information content (AvgIpc) is 3.48. The van der Waals surface area contributed by atoms with Crippen molar-refractivity contribution in [2.45, 2.75) is 6.92 Å². The second-order valence-electron chi connectivity index (χ2n) is 11.6. The molecule has 0 saturated carbocycles. The summed E-state index contributed by atoms with van der Waals surface area (Å²) in [5.41, 5.74) is 6.63. The van der Waals surface area contributed by atoms with Gasteiger partial charge in [-0.25, -0.2) is 9.98 Å². The number of nitrogens with zero attached hydrogens (tertiary/aromatic N) is 8. The molecule has 0 radical (unpaired) electrons. The number of rotatable bonds is 5. The predicted molar refractivity (Wildman–Crippen MR) is 179 cm³/mol. The molecule has 0 atom stereocenters. The van der Waals surface area contributed by atoms with Gasteiger partial charge in [-0.2, -0.15) is 0 Å². The van der Waals surface area contributed by atoms with E-state index in [1.807, 2.05) is 6.92 Å². The Bertz CT molecular complexity index is 1740. The summed E-state index contributed by atoms with van der Waals surface area (Å²) in [4.78, 5) is 26.5. The fraction of sp³-hybridized carbons (Fsp3) is 0.281. The molecule has 0 amide bonds. The number of aromatic nitrogens is 1. The Kier molecular flexibility index (Phi) is 10.0. The van der Waals surface area contributed by atoms with Gasteiger partial charge in [-0.15, -0.1) is 0 Å². The molecule has 6 rings (SSSR count). The molecule has 0 spiro atoms. The molecule has 2 aliphatic heterocycles. The molecule has 2 saturated heterocycles. The van der Waals surface area contributed by atoms with Crippen LogP contribution in [0, 0.1) is 6.92 Å². The minimum Gasteiger partial charge on any atom is 1.00 e. The van der Waals surface area contributed by atoms with Crippen LogP contribution in [0.25, 0.3) is 10.9 Å². The summed E-state index contributed by atoms with van der Waals surface area (Å²) in [5, 5.41) is 1.09. The Morgan fingerprint density at radius 2 is 0.979 bits per heavy atom. The van der Waals surface area contributed by atoms with Crippen molar-refractivity contribution < 1.29 is 42.3 Å². The molecular weight excluding hydrogens is 705 g/mol. The molecule has 0 bridgehead atoms. The van der Waals surface area contributed by atoms with Gasteiger partial charge in [-0.1, -0.05) is 42.5 Å². The number of aryl methyl sites for hydroxylation is 1. The van der Waals surface area contributed by atoms with Crippen LogP contribution in [-0.4, -0.2) is 90.9 Å². The fourth-order valence-corrected chi connectivity index (χ4v) is 5.43. The average molecular weight is 741 g/mol. The molecule has 1 aromatic heterocycles. The number of aliphatic imine (C=N–C) groups is 2. The maximum atomic E-state index is 9.87. The van der Waals surface area contributed by atoms with E-state index in [0.717, 1.165) is 83.1 Å². The van der Waals surface area contributed by atoms with Gasteiger partial charge in [0.1, 0.15) is 0 Å². The summed E-state index contributed by atoms with van der Waals surface area (Å²) in [6.07, 6.45) is 0. The topological polar surface area (TPSA) is 53.8 Å². The van der Waals surface area contributed by atoms with Crippen LogP contribution in [0.2, 0.25) is 0 Å². The van der Waals surface area contributed by atoms with Crippen LogP contribution < -0.4 is 4.90 Å². The molecule has 0 aliphatic carbocycles. The van der Waals surface area contributed by atoms with Crippen molar-refractivity contribution in [1.82, 2.24) is 24.6 Å². The largest absolute Gasteiger partial charge is 1.00 e. The number of hydrogen-bond donors (Lipinski definition) is 0. The minimum atomic E-state index is -10.7. The molecule has 3 aromatic carbocycles. The third-order valence-electron chi connectivity index (χ3n) is 7.67. The summed E-state index contributed by atoms with van der Waals surface area (Å²) in [7, 11) is -2.27. The molecule has 48 heavy (non-hydrogen) atoms. The maximum Gasteiger partial charge on any atom is 1.00 e. The second-order valence-corrected chi connectivity index (χ2v) is 13.5. The smallest absolute Gasteiger partial charge is 1.00 e. The molecule has 16 heteroatoms. The molecule has 262 valence electrons. The molecule has 0 unspecified atom stereocenters. The van der Waals surface area contributed by atoms with E-state index in [0.29, 0.717) is 0 Å². The molecule has 2 aliphatic rings. The third kappa shape index (κ3) is 9.30. The van der Waals surface area contributed by atoms with E-state index in [-0.39, 0.29) is 17.1 Å². The van der Waals surface area contributed by atoms with Crippen molar-refractivity contribution >= 4 is 59.1 Å². The molecule has 0 N–H and O–H groups in total. The minimum absolute atomic E-state index is 0. The van der Waals surface area contributed by atoms with E-state index >= 15 is 0 Å². The second kappa shape index (κ2) is 13.1. The monoisotopic (exact) mass is 740 g/mol. The van der Waals surface area contributed by atoms with E-state index in [4.69, 9.17) is 15.0 Å². The van der Waals surface area contributed by atoms with Gasteiger partial charge >= 0.3 is 50.1 Å². The van der Waals surface area contributed by atoms with Crippen LogP contribution in [0.4, 0.5) is 53.6 Å². The standard InChI is InChI=1S/C32H36N8.Cu.F6P/c1-23-17-18-24-11-10-16-29(30(24)33-23)40(27-14-8-6-12-25(27)34-31-36(2)19-20-37(31)3)28-15-9-7-13-26(28)35-32-38(4)21-22-39(32)5;;1-7(2,3,4,5)6/h6-18H,19-22H2,1-5H3;;/q;+1;-1. The number of benzene rings is 3. The number of pyridine rings is 1. The number of para-hydroxylation sites is 5. The van der Waals surface area contributed by atoms with Crippen LogP contribution in [0.3, 0.4) is 0 Å². The molecule has 4 aromatic rings. The van der Waals surface area contributed by atoms with Crippen molar-refractivity contribution in [2.24, 2.45) is 9.98 Å². The molecule has 2 fully saturated rings. The number of guanidine groups is 2. The van der Waals surface area contributed by atoms with Crippen LogP contribution in [-0.2, 0) is 17.1 Å². The Hall–Kier alpha value is -4.06. The van der Waals surface area contributed by atoms with Crippen molar-refractivity contribution in [3.8, 4) is 0 Å². The molecule has 8 nitrogen and oxygen atoms in total. The first kappa shape index (κ1) is 36.8. The van der Waals surface area contributed by atoms with Crippen LogP contribution in [0.5, 0.6) is 0 Å². The summed E-state index contributed by atoms with van der Waals surface area (Å²) in [6, 6.07) is 27.3. The van der Waals surface area contributed by atoms with E-state index < -0.39 is 7.81 Å². The third-order valence-corrected chi connectivity index (χ3v) is 7.67. The first-order valence-electron chi connectivity index (χ1n) is 14.8. The predicted octanol–water partition coefficient (Wildman–Crippen LogP) is 9.12. The van der Waals surface area contributed by atoms with Gasteiger partial charge in [0.05, 0.1) is 34.0 Å². The van der Waals surface area contributed by atoms with Gasteiger partial charge in [0.2, 0.25) is 11.9 Å². The van der Waals surface area contributed by atoms with Crippen molar-refractivity contribution in [2.75, 3.05) is 59.3 Å². The number of hydrogen-bond acceptors (Lipinski definition) is 4. The number of halogens is 6. The quantitative estimate of drug-likeness (QED) is 0.116. The Morgan fingerprint density at radius 3 is 1.42 bits per heavy atom. The molecular formula is C32H36CuF6N8P. The van der Waals surface area contributed by atoms with Crippen molar-refractivity contribution in [3.05, 3.63) is 84.6 Å². The van der Waals surface area contributed by atoms with Gasteiger partial charge in [-0.3, -0.25) is 4.98 Å². The van der Waals surface area contributed by atoms with E-state index in [9.17, 15) is 25.2 Å². The van der Waals surface area contributed by atoms with Crippen molar-refractivity contribution in [1.29, 1.82) is 0 Å². The van der Waals surface area contributed by atoms with Crippen LogP contribution >= 0.6 is 7.81 Å². The Labute approximate surface area is 286 Å².